The lowest BCUT2D eigenvalue weighted by atomic mass is 10.1. The standard InChI is InChI=1S/C12H14Cl2O3/c1-7(2)17-11(12(15)16)5-8-3-4-9(13)6-10(8)14/h3-4,6-7,11H,5H2,1-2H3,(H,15,16)/t11-/m0/s1. The third-order valence-corrected chi connectivity index (χ3v) is 2.72. The lowest BCUT2D eigenvalue weighted by molar-refractivity contribution is -0.153. The first kappa shape index (κ1) is 14.3. The molecule has 0 fully saturated rings. The highest BCUT2D eigenvalue weighted by atomic mass is 35.5. The monoisotopic (exact) mass is 276 g/mol. The van der Waals surface area contributed by atoms with Gasteiger partial charge in [-0.2, -0.15) is 0 Å². The van der Waals surface area contributed by atoms with E-state index in [9.17, 15) is 4.79 Å². The summed E-state index contributed by atoms with van der Waals surface area (Å²) in [4.78, 5) is 11.0. The number of ether oxygens (including phenoxy) is 1. The van der Waals surface area contributed by atoms with Gasteiger partial charge in [0, 0.05) is 16.5 Å². The summed E-state index contributed by atoms with van der Waals surface area (Å²) in [6.07, 6.45) is -0.820. The molecule has 0 aliphatic heterocycles. The molecule has 94 valence electrons. The van der Waals surface area contributed by atoms with E-state index in [2.05, 4.69) is 0 Å². The number of benzene rings is 1. The molecule has 5 heteroatoms. The van der Waals surface area contributed by atoms with E-state index in [-0.39, 0.29) is 12.5 Å². The number of halogens is 2. The van der Waals surface area contributed by atoms with Crippen LogP contribution in [-0.2, 0) is 16.0 Å². The van der Waals surface area contributed by atoms with E-state index in [4.69, 9.17) is 33.0 Å². The molecule has 0 saturated carbocycles. The summed E-state index contributed by atoms with van der Waals surface area (Å²) in [6.45, 7) is 3.58. The molecule has 0 bridgehead atoms. The number of carboxylic acid groups (broad SMARTS) is 1. The predicted octanol–water partition coefficient (Wildman–Crippen LogP) is 3.41. The summed E-state index contributed by atoms with van der Waals surface area (Å²) in [7, 11) is 0. The Morgan fingerprint density at radius 1 is 1.41 bits per heavy atom. The highest BCUT2D eigenvalue weighted by Gasteiger charge is 2.21. The Balaban J connectivity index is 2.82. The molecule has 0 aromatic heterocycles. The number of hydrogen-bond donors (Lipinski definition) is 1. The van der Waals surface area contributed by atoms with E-state index in [0.29, 0.717) is 15.6 Å². The summed E-state index contributed by atoms with van der Waals surface area (Å²) < 4.78 is 5.31. The lowest BCUT2D eigenvalue weighted by Gasteiger charge is -2.17. The molecule has 0 aliphatic carbocycles. The highest BCUT2D eigenvalue weighted by Crippen LogP contribution is 2.23. The fraction of sp³-hybridized carbons (Fsp3) is 0.417. The van der Waals surface area contributed by atoms with Crippen molar-refractivity contribution in [2.24, 2.45) is 0 Å². The minimum Gasteiger partial charge on any atom is -0.479 e. The second kappa shape index (κ2) is 6.24. The van der Waals surface area contributed by atoms with E-state index < -0.39 is 12.1 Å². The summed E-state index contributed by atoms with van der Waals surface area (Å²) in [6, 6.07) is 4.98. The van der Waals surface area contributed by atoms with Crippen LogP contribution in [0.2, 0.25) is 10.0 Å². The molecule has 1 N–H and O–H groups in total. The number of rotatable bonds is 5. The molecule has 0 amide bonds. The quantitative estimate of drug-likeness (QED) is 0.897. The molecule has 3 nitrogen and oxygen atoms in total. The summed E-state index contributed by atoms with van der Waals surface area (Å²) in [5.41, 5.74) is 0.712. The Bertz CT molecular complexity index is 405. The Hall–Kier alpha value is -0.770. The average Bonchev–Trinajstić information content (AvgIpc) is 2.19. The molecule has 1 aromatic rings. The van der Waals surface area contributed by atoms with Gasteiger partial charge in [-0.1, -0.05) is 29.3 Å². The van der Waals surface area contributed by atoms with Crippen molar-refractivity contribution < 1.29 is 14.6 Å². The van der Waals surface area contributed by atoms with Crippen molar-refractivity contribution in [3.8, 4) is 0 Å². The lowest BCUT2D eigenvalue weighted by Crippen LogP contribution is -2.29. The number of carboxylic acids is 1. The van der Waals surface area contributed by atoms with Gasteiger partial charge in [0.25, 0.3) is 0 Å². The molecule has 1 aromatic carbocycles. The molecule has 0 unspecified atom stereocenters. The fourth-order valence-electron chi connectivity index (χ4n) is 1.41. The van der Waals surface area contributed by atoms with Gasteiger partial charge in [-0.3, -0.25) is 0 Å². The normalized spacial score (nSPS) is 12.8. The third kappa shape index (κ3) is 4.54. The predicted molar refractivity (Wildman–Crippen MR) is 67.8 cm³/mol. The first-order valence-electron chi connectivity index (χ1n) is 5.22. The van der Waals surface area contributed by atoms with Crippen LogP contribution in [0.3, 0.4) is 0 Å². The Labute approximate surface area is 110 Å². The van der Waals surface area contributed by atoms with Gasteiger partial charge >= 0.3 is 5.97 Å². The average molecular weight is 277 g/mol. The molecule has 17 heavy (non-hydrogen) atoms. The summed E-state index contributed by atoms with van der Waals surface area (Å²) in [5, 5.41) is 10.0. The first-order chi connectivity index (χ1) is 7.90. The summed E-state index contributed by atoms with van der Waals surface area (Å²) >= 11 is 11.8. The van der Waals surface area contributed by atoms with Gasteiger partial charge in [0.15, 0.2) is 6.10 Å². The van der Waals surface area contributed by atoms with Crippen LogP contribution < -0.4 is 0 Å². The summed E-state index contributed by atoms with van der Waals surface area (Å²) in [5.74, 6) is -0.996. The number of hydrogen-bond acceptors (Lipinski definition) is 2. The van der Waals surface area contributed by atoms with E-state index in [0.717, 1.165) is 0 Å². The van der Waals surface area contributed by atoms with Crippen LogP contribution in [0.4, 0.5) is 0 Å². The van der Waals surface area contributed by atoms with Gasteiger partial charge in [-0.25, -0.2) is 4.79 Å². The largest absolute Gasteiger partial charge is 0.479 e. The number of aliphatic carboxylic acids is 1. The first-order valence-corrected chi connectivity index (χ1v) is 5.98. The van der Waals surface area contributed by atoms with Crippen LogP contribution in [0.5, 0.6) is 0 Å². The fourth-order valence-corrected chi connectivity index (χ4v) is 1.89. The van der Waals surface area contributed by atoms with Gasteiger partial charge in [0.05, 0.1) is 6.10 Å². The van der Waals surface area contributed by atoms with Crippen molar-refractivity contribution in [1.29, 1.82) is 0 Å². The van der Waals surface area contributed by atoms with Crippen LogP contribution in [-0.4, -0.2) is 23.3 Å². The SMILES string of the molecule is CC(C)O[C@@H](Cc1ccc(Cl)cc1Cl)C(=O)O. The van der Waals surface area contributed by atoms with Crippen molar-refractivity contribution in [3.63, 3.8) is 0 Å². The van der Waals surface area contributed by atoms with Gasteiger partial charge in [0.1, 0.15) is 0 Å². The second-order valence-corrected chi connectivity index (χ2v) is 4.80. The van der Waals surface area contributed by atoms with Crippen LogP contribution in [0.15, 0.2) is 18.2 Å². The Morgan fingerprint density at radius 2 is 2.06 bits per heavy atom. The van der Waals surface area contributed by atoms with E-state index >= 15 is 0 Å². The van der Waals surface area contributed by atoms with Crippen molar-refractivity contribution in [2.75, 3.05) is 0 Å². The minimum atomic E-state index is -0.996. The van der Waals surface area contributed by atoms with Gasteiger partial charge in [-0.15, -0.1) is 0 Å². The maximum Gasteiger partial charge on any atom is 0.333 e. The highest BCUT2D eigenvalue weighted by molar-refractivity contribution is 6.35. The van der Waals surface area contributed by atoms with Gasteiger partial charge in [0.2, 0.25) is 0 Å². The molecular formula is C12H14Cl2O3. The maximum atomic E-state index is 11.0. The van der Waals surface area contributed by atoms with Gasteiger partial charge in [-0.05, 0) is 31.5 Å². The zero-order valence-corrected chi connectivity index (χ0v) is 11.1. The topological polar surface area (TPSA) is 46.5 Å². The minimum absolute atomic E-state index is 0.151. The molecule has 1 atom stereocenters. The van der Waals surface area contributed by atoms with Crippen LogP contribution >= 0.6 is 23.2 Å². The smallest absolute Gasteiger partial charge is 0.333 e. The third-order valence-electron chi connectivity index (χ3n) is 2.13. The van der Waals surface area contributed by atoms with Crippen molar-refractivity contribution in [2.45, 2.75) is 32.5 Å². The molecule has 0 radical (unpaired) electrons. The van der Waals surface area contributed by atoms with Crippen molar-refractivity contribution in [3.05, 3.63) is 33.8 Å². The Morgan fingerprint density at radius 3 is 2.53 bits per heavy atom. The molecular weight excluding hydrogens is 263 g/mol. The molecule has 1 rings (SSSR count). The number of carbonyl (C=O) groups is 1. The van der Waals surface area contributed by atoms with E-state index in [1.165, 1.54) is 0 Å². The van der Waals surface area contributed by atoms with Crippen LogP contribution in [0.25, 0.3) is 0 Å². The van der Waals surface area contributed by atoms with Crippen LogP contribution in [0, 0.1) is 0 Å². The van der Waals surface area contributed by atoms with Crippen LogP contribution in [0.1, 0.15) is 19.4 Å². The molecule has 0 spiro atoms. The second-order valence-electron chi connectivity index (χ2n) is 3.95. The molecule has 0 aliphatic rings. The molecule has 0 saturated heterocycles. The Kier molecular flexibility index (Phi) is 5.25. The van der Waals surface area contributed by atoms with E-state index in [1.54, 1.807) is 32.0 Å². The van der Waals surface area contributed by atoms with Crippen molar-refractivity contribution in [1.82, 2.24) is 0 Å². The maximum absolute atomic E-state index is 11.0. The zero-order valence-electron chi connectivity index (χ0n) is 9.61. The molecule has 0 heterocycles. The van der Waals surface area contributed by atoms with Crippen molar-refractivity contribution >= 4 is 29.2 Å². The van der Waals surface area contributed by atoms with E-state index in [1.807, 2.05) is 0 Å². The zero-order chi connectivity index (χ0) is 13.0. The van der Waals surface area contributed by atoms with Gasteiger partial charge < -0.3 is 9.84 Å².